The number of amides is 2. The number of hydrogen-bond acceptors (Lipinski definition) is 4. The van der Waals surface area contributed by atoms with Gasteiger partial charge in [0.15, 0.2) is 0 Å². The van der Waals surface area contributed by atoms with Gasteiger partial charge in [0.1, 0.15) is 5.76 Å². The van der Waals surface area contributed by atoms with E-state index in [2.05, 4.69) is 10.6 Å². The molecule has 1 heterocycles. The molecule has 2 amide bonds. The Morgan fingerprint density at radius 2 is 1.70 bits per heavy atom. The molecule has 120 valence electrons. The molecular formula is C17H18N2O4. The number of hydrogen-bond donors (Lipinski definition) is 3. The van der Waals surface area contributed by atoms with Gasteiger partial charge in [-0.25, -0.2) is 0 Å². The van der Waals surface area contributed by atoms with E-state index in [0.29, 0.717) is 18.6 Å². The predicted octanol–water partition coefficient (Wildman–Crippen LogP) is 0.542. The fourth-order valence-electron chi connectivity index (χ4n) is 2.78. The van der Waals surface area contributed by atoms with Crippen LogP contribution in [0.3, 0.4) is 0 Å². The second-order valence-corrected chi connectivity index (χ2v) is 5.79. The Bertz CT molecular complexity index is 684. The molecule has 0 radical (unpaired) electrons. The van der Waals surface area contributed by atoms with Gasteiger partial charge in [-0.2, -0.15) is 0 Å². The molecule has 2 aromatic rings. The number of carbonyl (C=O) groups is 2. The van der Waals surface area contributed by atoms with E-state index in [0.717, 1.165) is 11.1 Å². The van der Waals surface area contributed by atoms with Crippen LogP contribution in [0.4, 0.5) is 0 Å². The lowest BCUT2D eigenvalue weighted by Gasteiger charge is -2.22. The van der Waals surface area contributed by atoms with E-state index in [9.17, 15) is 14.7 Å². The van der Waals surface area contributed by atoms with Crippen LogP contribution in [-0.2, 0) is 29.0 Å². The summed E-state index contributed by atoms with van der Waals surface area (Å²) in [5.41, 5.74) is 1.11. The lowest BCUT2D eigenvalue weighted by molar-refractivity contribution is -0.139. The zero-order valence-corrected chi connectivity index (χ0v) is 12.5. The minimum Gasteiger partial charge on any atom is -0.467 e. The second kappa shape index (κ2) is 6.26. The van der Waals surface area contributed by atoms with Crippen molar-refractivity contribution in [2.24, 2.45) is 0 Å². The topological polar surface area (TPSA) is 91.6 Å². The number of benzene rings is 1. The molecule has 23 heavy (non-hydrogen) atoms. The molecule has 1 aromatic carbocycles. The Hall–Kier alpha value is -2.60. The third kappa shape index (κ3) is 3.60. The fraction of sp³-hybridized carbons (Fsp3) is 0.294. The van der Waals surface area contributed by atoms with Crippen LogP contribution >= 0.6 is 0 Å². The summed E-state index contributed by atoms with van der Waals surface area (Å²) in [5.74, 6) is -0.947. The van der Waals surface area contributed by atoms with Crippen LogP contribution in [0.5, 0.6) is 0 Å². The van der Waals surface area contributed by atoms with Gasteiger partial charge >= 0.3 is 11.8 Å². The maximum Gasteiger partial charge on any atom is 0.309 e. The van der Waals surface area contributed by atoms with Crippen molar-refractivity contribution in [2.45, 2.75) is 25.0 Å². The molecule has 1 aliphatic rings. The molecule has 1 aliphatic carbocycles. The molecule has 0 fully saturated rings. The number of aliphatic hydroxyl groups is 1. The average Bonchev–Trinajstić information content (AvgIpc) is 3.16. The molecule has 0 bridgehead atoms. The summed E-state index contributed by atoms with van der Waals surface area (Å²) in [6, 6.07) is 11.2. The van der Waals surface area contributed by atoms with E-state index in [1.165, 1.54) is 6.26 Å². The quantitative estimate of drug-likeness (QED) is 0.718. The summed E-state index contributed by atoms with van der Waals surface area (Å²) >= 11 is 0. The van der Waals surface area contributed by atoms with Gasteiger partial charge in [-0.3, -0.25) is 9.59 Å². The van der Waals surface area contributed by atoms with Crippen molar-refractivity contribution in [3.05, 3.63) is 59.5 Å². The smallest absolute Gasteiger partial charge is 0.309 e. The van der Waals surface area contributed by atoms with Gasteiger partial charge in [0.2, 0.25) is 0 Å². The number of rotatable bonds is 4. The second-order valence-electron chi connectivity index (χ2n) is 5.79. The Morgan fingerprint density at radius 3 is 2.30 bits per heavy atom. The Morgan fingerprint density at radius 1 is 1.04 bits per heavy atom. The first-order valence-corrected chi connectivity index (χ1v) is 7.43. The predicted molar refractivity (Wildman–Crippen MR) is 82.4 cm³/mol. The summed E-state index contributed by atoms with van der Waals surface area (Å²) in [4.78, 5) is 23.5. The summed E-state index contributed by atoms with van der Waals surface area (Å²) in [7, 11) is 0. The van der Waals surface area contributed by atoms with Gasteiger partial charge in [0, 0.05) is 19.4 Å². The van der Waals surface area contributed by atoms with Gasteiger partial charge < -0.3 is 20.2 Å². The summed E-state index contributed by atoms with van der Waals surface area (Å²) < 4.78 is 5.07. The lowest BCUT2D eigenvalue weighted by atomic mass is 10.0. The highest BCUT2D eigenvalue weighted by Gasteiger charge is 2.35. The molecule has 0 saturated heterocycles. The first-order valence-electron chi connectivity index (χ1n) is 7.43. The highest BCUT2D eigenvalue weighted by atomic mass is 16.3. The molecule has 0 unspecified atom stereocenters. The van der Waals surface area contributed by atoms with Gasteiger partial charge in [-0.05, 0) is 23.3 Å². The highest BCUT2D eigenvalue weighted by molar-refractivity contribution is 6.35. The van der Waals surface area contributed by atoms with Crippen LogP contribution in [0.25, 0.3) is 0 Å². The van der Waals surface area contributed by atoms with Crippen molar-refractivity contribution < 1.29 is 19.1 Å². The Kier molecular flexibility index (Phi) is 4.16. The summed E-state index contributed by atoms with van der Waals surface area (Å²) in [6.45, 7) is 0.184. The number of fused-ring (bicyclic) bond motifs is 1. The summed E-state index contributed by atoms with van der Waals surface area (Å²) in [5, 5.41) is 15.5. The van der Waals surface area contributed by atoms with Gasteiger partial charge in [-0.1, -0.05) is 24.3 Å². The van der Waals surface area contributed by atoms with Crippen LogP contribution in [0.1, 0.15) is 16.9 Å². The lowest BCUT2D eigenvalue weighted by Crippen LogP contribution is -2.48. The number of carbonyl (C=O) groups excluding carboxylic acids is 2. The number of nitrogens with one attached hydrogen (secondary N) is 2. The van der Waals surface area contributed by atoms with Crippen molar-refractivity contribution in [3.63, 3.8) is 0 Å². The van der Waals surface area contributed by atoms with Gasteiger partial charge in [0.05, 0.1) is 18.4 Å². The monoisotopic (exact) mass is 314 g/mol. The van der Waals surface area contributed by atoms with Crippen molar-refractivity contribution in [2.75, 3.05) is 6.54 Å². The Labute approximate surface area is 133 Å². The van der Waals surface area contributed by atoms with Gasteiger partial charge in [-0.15, -0.1) is 0 Å². The average molecular weight is 314 g/mol. The van der Waals surface area contributed by atoms with Crippen LogP contribution in [-0.4, -0.2) is 29.1 Å². The van der Waals surface area contributed by atoms with E-state index >= 15 is 0 Å². The highest BCUT2D eigenvalue weighted by Crippen LogP contribution is 2.29. The fourth-order valence-corrected chi connectivity index (χ4v) is 2.78. The third-order valence-corrected chi connectivity index (χ3v) is 3.94. The maximum atomic E-state index is 11.8. The van der Waals surface area contributed by atoms with E-state index in [1.807, 2.05) is 24.3 Å². The molecule has 0 spiro atoms. The zero-order valence-electron chi connectivity index (χ0n) is 12.5. The minimum absolute atomic E-state index is 0.0364. The number of furan rings is 1. The largest absolute Gasteiger partial charge is 0.467 e. The molecule has 0 saturated carbocycles. The first-order chi connectivity index (χ1) is 11.1. The molecule has 3 rings (SSSR count). The molecule has 6 heteroatoms. The maximum absolute atomic E-state index is 11.8. The van der Waals surface area contributed by atoms with E-state index < -0.39 is 17.4 Å². The van der Waals surface area contributed by atoms with Crippen molar-refractivity contribution in [3.8, 4) is 0 Å². The molecule has 6 nitrogen and oxygen atoms in total. The molecule has 1 aromatic heterocycles. The third-order valence-electron chi connectivity index (χ3n) is 3.94. The van der Waals surface area contributed by atoms with Crippen LogP contribution in [0.15, 0.2) is 47.1 Å². The standard InChI is InChI=1S/C17H18N2O4/c20-15(18-10-14-6-3-7-23-14)16(21)19-11-17(22)8-12-4-1-2-5-13(12)9-17/h1-7,22H,8-11H2,(H,18,20)(H,19,21). The molecule has 0 atom stereocenters. The SMILES string of the molecule is O=C(NCc1ccco1)C(=O)NCC1(O)Cc2ccccc2C1. The summed E-state index contributed by atoms with van der Waals surface area (Å²) in [6.07, 6.45) is 2.43. The normalized spacial score (nSPS) is 15.0. The van der Waals surface area contributed by atoms with Crippen molar-refractivity contribution >= 4 is 11.8 Å². The van der Waals surface area contributed by atoms with Gasteiger partial charge in [0.25, 0.3) is 0 Å². The van der Waals surface area contributed by atoms with E-state index in [-0.39, 0.29) is 13.1 Å². The van der Waals surface area contributed by atoms with E-state index in [1.54, 1.807) is 12.1 Å². The van der Waals surface area contributed by atoms with Crippen LogP contribution in [0, 0.1) is 0 Å². The van der Waals surface area contributed by atoms with Crippen LogP contribution in [0.2, 0.25) is 0 Å². The first kappa shape index (κ1) is 15.3. The molecule has 0 aliphatic heterocycles. The van der Waals surface area contributed by atoms with E-state index in [4.69, 9.17) is 4.42 Å². The van der Waals surface area contributed by atoms with Crippen LogP contribution < -0.4 is 10.6 Å². The zero-order chi connectivity index (χ0) is 16.3. The molecule has 3 N–H and O–H groups in total. The van der Waals surface area contributed by atoms with Crippen molar-refractivity contribution in [1.29, 1.82) is 0 Å². The Balaban J connectivity index is 1.48. The van der Waals surface area contributed by atoms with Crippen molar-refractivity contribution in [1.82, 2.24) is 10.6 Å². The molecular weight excluding hydrogens is 296 g/mol. The minimum atomic E-state index is -1.04.